The molecule has 2 N–H and O–H groups in total. The summed E-state index contributed by atoms with van der Waals surface area (Å²) in [5.74, 6) is 0.481. The molecule has 0 fully saturated rings. The molecule has 0 saturated carbocycles. The number of fused-ring (bicyclic) bond motifs is 6. The topological polar surface area (TPSA) is 38.4 Å². The van der Waals surface area contributed by atoms with Crippen LogP contribution in [0.3, 0.4) is 0 Å². The molecule has 2 nitrogen and oxygen atoms in total. The lowest BCUT2D eigenvalue weighted by molar-refractivity contribution is 0.666. The first-order chi connectivity index (χ1) is 28.9. The summed E-state index contributed by atoms with van der Waals surface area (Å²) in [5, 5.41) is 4.94. The minimum atomic E-state index is -0.142. The molecule has 0 bridgehead atoms. The number of nitrogens with two attached hydrogens (primary N) is 1. The third-order valence-corrected chi connectivity index (χ3v) is 12.1. The molecule has 1 aliphatic carbocycles. The molecule has 0 unspecified atom stereocenters. The summed E-state index contributed by atoms with van der Waals surface area (Å²) in [4.78, 5) is 5.24. The Morgan fingerprint density at radius 1 is 0.492 bits per heavy atom. The molecule has 0 radical (unpaired) electrons. The van der Waals surface area contributed by atoms with E-state index in [1.54, 1.807) is 0 Å². The van der Waals surface area contributed by atoms with Crippen LogP contribution in [-0.4, -0.2) is 5.84 Å². The van der Waals surface area contributed by atoms with Gasteiger partial charge in [0.05, 0.1) is 5.70 Å². The molecule has 0 saturated heterocycles. The van der Waals surface area contributed by atoms with Crippen LogP contribution in [0, 0.1) is 0 Å². The van der Waals surface area contributed by atoms with E-state index in [0.29, 0.717) is 12.3 Å². The quantitative estimate of drug-likeness (QED) is 0.122. The summed E-state index contributed by atoms with van der Waals surface area (Å²) in [6, 6.07) is 71.8. The molecule has 59 heavy (non-hydrogen) atoms. The van der Waals surface area contributed by atoms with Crippen LogP contribution in [0.2, 0.25) is 0 Å². The molecule has 0 amide bonds. The number of nitrogens with zero attached hydrogens (tertiary/aromatic N) is 1. The molecule has 9 aromatic rings. The van der Waals surface area contributed by atoms with Gasteiger partial charge in [-0.15, -0.1) is 0 Å². The van der Waals surface area contributed by atoms with Gasteiger partial charge in [-0.1, -0.05) is 214 Å². The largest absolute Gasteiger partial charge is 0.383 e. The molecule has 282 valence electrons. The molecular formula is C57H44N2. The van der Waals surface area contributed by atoms with Gasteiger partial charge in [0.2, 0.25) is 0 Å². The van der Waals surface area contributed by atoms with Crippen molar-refractivity contribution in [3.63, 3.8) is 0 Å². The second-order valence-electron chi connectivity index (χ2n) is 16.1. The Kier molecular flexibility index (Phi) is 9.11. The molecule has 0 aliphatic heterocycles. The van der Waals surface area contributed by atoms with Crippen molar-refractivity contribution >= 4 is 33.1 Å². The first-order valence-electron chi connectivity index (χ1n) is 20.5. The molecule has 10 rings (SSSR count). The fourth-order valence-corrected chi connectivity index (χ4v) is 9.14. The fourth-order valence-electron chi connectivity index (χ4n) is 9.14. The van der Waals surface area contributed by atoms with Crippen molar-refractivity contribution in [3.8, 4) is 44.5 Å². The van der Waals surface area contributed by atoms with E-state index in [0.717, 1.165) is 27.8 Å². The van der Waals surface area contributed by atoms with E-state index in [1.165, 1.54) is 71.8 Å². The van der Waals surface area contributed by atoms with Gasteiger partial charge in [-0.05, 0) is 95.2 Å². The van der Waals surface area contributed by atoms with Crippen LogP contribution in [-0.2, 0) is 11.8 Å². The van der Waals surface area contributed by atoms with Crippen molar-refractivity contribution in [1.29, 1.82) is 0 Å². The third kappa shape index (κ3) is 6.63. The van der Waals surface area contributed by atoms with Crippen LogP contribution in [0.15, 0.2) is 211 Å². The number of hydrogen-bond donors (Lipinski definition) is 1. The van der Waals surface area contributed by atoms with Gasteiger partial charge in [0.15, 0.2) is 0 Å². The average molecular weight is 757 g/mol. The number of hydrogen-bond acceptors (Lipinski definition) is 1. The van der Waals surface area contributed by atoms with E-state index >= 15 is 0 Å². The standard InChI is InChI=1S/C57H44N2/c1-57(2)53-37-45(30-31-50(53)52-32-29-42-19-9-10-21-47(42)55(52)57)46-33-34-51(49-23-12-11-22-48(46)49)54(35-24-38-14-13-20-44(36-38)40-17-7-4-8-18-40)59-56(58)43-27-25-41(26-28-43)39-15-5-3-6-16-39/h3-23,25-37H,24H2,1-2H3,(H2,58,59)/b54-35-. The molecule has 1 aliphatic rings. The summed E-state index contributed by atoms with van der Waals surface area (Å²) in [7, 11) is 0. The lowest BCUT2D eigenvalue weighted by Gasteiger charge is -2.24. The van der Waals surface area contributed by atoms with E-state index in [-0.39, 0.29) is 5.41 Å². The first-order valence-corrected chi connectivity index (χ1v) is 20.5. The minimum Gasteiger partial charge on any atom is -0.383 e. The van der Waals surface area contributed by atoms with Gasteiger partial charge in [-0.25, -0.2) is 4.99 Å². The second kappa shape index (κ2) is 14.9. The van der Waals surface area contributed by atoms with Crippen LogP contribution >= 0.6 is 0 Å². The normalized spacial score (nSPS) is 13.4. The van der Waals surface area contributed by atoms with Crippen LogP contribution < -0.4 is 5.73 Å². The summed E-state index contributed by atoms with van der Waals surface area (Å²) in [6.45, 7) is 4.75. The van der Waals surface area contributed by atoms with E-state index in [1.807, 2.05) is 6.07 Å². The van der Waals surface area contributed by atoms with Crippen molar-refractivity contribution < 1.29 is 0 Å². The zero-order chi connectivity index (χ0) is 39.9. The zero-order valence-electron chi connectivity index (χ0n) is 33.4. The Labute approximate surface area is 346 Å². The monoisotopic (exact) mass is 756 g/mol. The molecule has 0 atom stereocenters. The van der Waals surface area contributed by atoms with E-state index in [4.69, 9.17) is 10.7 Å². The van der Waals surface area contributed by atoms with Crippen LogP contribution in [0.4, 0.5) is 0 Å². The number of rotatable bonds is 8. The molecule has 9 aromatic carbocycles. The highest BCUT2D eigenvalue weighted by molar-refractivity contribution is 6.07. The predicted octanol–water partition coefficient (Wildman–Crippen LogP) is 14.3. The maximum Gasteiger partial charge on any atom is 0.131 e. The smallest absolute Gasteiger partial charge is 0.131 e. The maximum atomic E-state index is 6.91. The maximum absolute atomic E-state index is 6.91. The van der Waals surface area contributed by atoms with Crippen molar-refractivity contribution in [3.05, 3.63) is 234 Å². The highest BCUT2D eigenvalue weighted by atomic mass is 14.9. The van der Waals surface area contributed by atoms with Crippen molar-refractivity contribution in [1.82, 2.24) is 0 Å². The van der Waals surface area contributed by atoms with Gasteiger partial charge in [0, 0.05) is 16.5 Å². The molecule has 0 spiro atoms. The Hall–Kier alpha value is -7.29. The van der Waals surface area contributed by atoms with Gasteiger partial charge in [-0.2, -0.15) is 0 Å². The van der Waals surface area contributed by atoms with Crippen molar-refractivity contribution in [2.75, 3.05) is 0 Å². The van der Waals surface area contributed by atoms with E-state index in [2.05, 4.69) is 214 Å². The van der Waals surface area contributed by atoms with Crippen LogP contribution in [0.5, 0.6) is 0 Å². The highest BCUT2D eigenvalue weighted by Gasteiger charge is 2.37. The Balaban J connectivity index is 1.07. The van der Waals surface area contributed by atoms with Gasteiger partial charge >= 0.3 is 0 Å². The van der Waals surface area contributed by atoms with E-state index in [9.17, 15) is 0 Å². The molecule has 0 aromatic heterocycles. The second-order valence-corrected chi connectivity index (χ2v) is 16.1. The Bertz CT molecular complexity index is 3080. The van der Waals surface area contributed by atoms with Gasteiger partial charge in [0.25, 0.3) is 0 Å². The lowest BCUT2D eigenvalue weighted by atomic mass is 9.79. The average Bonchev–Trinajstić information content (AvgIpc) is 3.53. The number of allylic oxidation sites excluding steroid dienone is 1. The number of aliphatic imine (C=N–C) groups is 1. The molecular weight excluding hydrogens is 713 g/mol. The van der Waals surface area contributed by atoms with Gasteiger partial charge in [-0.3, -0.25) is 0 Å². The molecule has 2 heteroatoms. The minimum absolute atomic E-state index is 0.142. The van der Waals surface area contributed by atoms with Gasteiger partial charge in [0.1, 0.15) is 5.84 Å². The lowest BCUT2D eigenvalue weighted by Crippen LogP contribution is -2.15. The summed E-state index contributed by atoms with van der Waals surface area (Å²) in [6.07, 6.45) is 2.93. The third-order valence-electron chi connectivity index (χ3n) is 12.1. The summed E-state index contributed by atoms with van der Waals surface area (Å²) >= 11 is 0. The van der Waals surface area contributed by atoms with Gasteiger partial charge < -0.3 is 5.73 Å². The van der Waals surface area contributed by atoms with Crippen LogP contribution in [0.1, 0.15) is 41.7 Å². The number of amidine groups is 1. The predicted molar refractivity (Wildman–Crippen MR) is 251 cm³/mol. The summed E-state index contributed by atoms with van der Waals surface area (Å²) in [5.41, 5.74) is 23.3. The van der Waals surface area contributed by atoms with Crippen LogP contribution in [0.25, 0.3) is 71.7 Å². The number of benzene rings is 9. The van der Waals surface area contributed by atoms with E-state index < -0.39 is 0 Å². The SMILES string of the molecule is CC1(C)c2cc(-c3ccc(/C(=C/Cc4cccc(-c5ccccc5)c4)N=C(N)c4ccc(-c5ccccc5)cc4)c4ccccc34)ccc2-c2ccc3ccccc3c21. The van der Waals surface area contributed by atoms with Crippen molar-refractivity contribution in [2.45, 2.75) is 25.7 Å². The Morgan fingerprint density at radius 2 is 1.08 bits per heavy atom. The van der Waals surface area contributed by atoms with Crippen molar-refractivity contribution in [2.24, 2.45) is 10.7 Å². The first kappa shape index (κ1) is 36.1. The molecule has 0 heterocycles. The highest BCUT2D eigenvalue weighted by Crippen LogP contribution is 2.52. The fraction of sp³-hybridized carbons (Fsp3) is 0.0702. The summed E-state index contributed by atoms with van der Waals surface area (Å²) < 4.78 is 0. The Morgan fingerprint density at radius 3 is 1.85 bits per heavy atom. The zero-order valence-corrected chi connectivity index (χ0v) is 33.4.